The molecule has 0 spiro atoms. The summed E-state index contributed by atoms with van der Waals surface area (Å²) in [6.45, 7) is 9.60. The molecule has 34 heavy (non-hydrogen) atoms. The zero-order chi connectivity index (χ0) is 25.0. The number of anilines is 1. The molecule has 0 aliphatic heterocycles. The van der Waals surface area contributed by atoms with E-state index in [1.165, 1.54) is 29.8 Å². The van der Waals surface area contributed by atoms with E-state index < -0.39 is 10.0 Å². The summed E-state index contributed by atoms with van der Waals surface area (Å²) in [6.07, 6.45) is 0.682. The van der Waals surface area contributed by atoms with Gasteiger partial charge < -0.3 is 5.32 Å². The van der Waals surface area contributed by atoms with Gasteiger partial charge in [0.1, 0.15) is 6.54 Å². The maximum absolute atomic E-state index is 13.6. The molecule has 0 radical (unpaired) electrons. The predicted octanol–water partition coefficient (Wildman–Crippen LogP) is 6.04. The fourth-order valence-corrected chi connectivity index (χ4v) is 5.24. The Morgan fingerprint density at radius 1 is 0.882 bits per heavy atom. The van der Waals surface area contributed by atoms with Crippen molar-refractivity contribution in [2.45, 2.75) is 52.0 Å². The molecule has 0 aliphatic carbocycles. The standard InChI is InChI=1S/C27H31ClN2O3S/c1-6-26(22-9-7-18(2)20(4)15-22)29-27(31)17-30(24-12-8-19(3)21(5)16-24)34(32,33)25-13-10-23(28)11-14-25/h7-16,26H,6,17H2,1-5H3,(H,29,31). The monoisotopic (exact) mass is 498 g/mol. The Kier molecular flexibility index (Phi) is 8.05. The van der Waals surface area contributed by atoms with Gasteiger partial charge >= 0.3 is 0 Å². The van der Waals surface area contributed by atoms with Crippen LogP contribution in [-0.4, -0.2) is 20.9 Å². The minimum atomic E-state index is -4.00. The Morgan fingerprint density at radius 2 is 1.47 bits per heavy atom. The Labute approximate surface area is 207 Å². The van der Waals surface area contributed by atoms with Crippen LogP contribution in [0.1, 0.15) is 47.2 Å². The molecule has 0 heterocycles. The normalized spacial score (nSPS) is 12.3. The van der Waals surface area contributed by atoms with Crippen LogP contribution in [-0.2, 0) is 14.8 Å². The molecule has 0 aromatic heterocycles. The van der Waals surface area contributed by atoms with E-state index in [0.717, 1.165) is 26.6 Å². The molecule has 0 bridgehead atoms. The third-order valence-corrected chi connectivity index (χ3v) is 8.18. The predicted molar refractivity (Wildman–Crippen MR) is 139 cm³/mol. The summed E-state index contributed by atoms with van der Waals surface area (Å²) in [5, 5.41) is 3.46. The van der Waals surface area contributed by atoms with Gasteiger partial charge in [0.25, 0.3) is 10.0 Å². The highest BCUT2D eigenvalue weighted by molar-refractivity contribution is 7.92. The number of amides is 1. The fraction of sp³-hybridized carbons (Fsp3) is 0.296. The first-order chi connectivity index (χ1) is 16.0. The van der Waals surface area contributed by atoms with Crippen LogP contribution < -0.4 is 9.62 Å². The maximum atomic E-state index is 13.6. The minimum absolute atomic E-state index is 0.0733. The molecular weight excluding hydrogens is 468 g/mol. The number of benzene rings is 3. The van der Waals surface area contributed by atoms with Crippen molar-refractivity contribution in [1.82, 2.24) is 5.32 Å². The van der Waals surface area contributed by atoms with Gasteiger partial charge in [-0.2, -0.15) is 0 Å². The van der Waals surface area contributed by atoms with Gasteiger partial charge in [-0.3, -0.25) is 9.10 Å². The van der Waals surface area contributed by atoms with Gasteiger partial charge in [-0.15, -0.1) is 0 Å². The lowest BCUT2D eigenvalue weighted by Crippen LogP contribution is -2.42. The summed E-state index contributed by atoms with van der Waals surface area (Å²) in [7, 11) is -4.00. The van der Waals surface area contributed by atoms with Crippen molar-refractivity contribution in [3.8, 4) is 0 Å². The number of nitrogens with zero attached hydrogens (tertiary/aromatic N) is 1. The first-order valence-corrected chi connectivity index (χ1v) is 13.1. The van der Waals surface area contributed by atoms with Crippen molar-refractivity contribution in [1.29, 1.82) is 0 Å². The number of hydrogen-bond donors (Lipinski definition) is 1. The minimum Gasteiger partial charge on any atom is -0.348 e. The molecule has 1 unspecified atom stereocenters. The quantitative estimate of drug-likeness (QED) is 0.412. The molecule has 3 aromatic rings. The summed E-state index contributed by atoms with van der Waals surface area (Å²) in [5.74, 6) is -0.374. The number of sulfonamides is 1. The SMILES string of the molecule is CCC(NC(=O)CN(c1ccc(C)c(C)c1)S(=O)(=O)c1ccc(Cl)cc1)c1ccc(C)c(C)c1. The summed E-state index contributed by atoms with van der Waals surface area (Å²) < 4.78 is 28.3. The van der Waals surface area contributed by atoms with Crippen molar-refractivity contribution < 1.29 is 13.2 Å². The molecule has 3 rings (SSSR count). The van der Waals surface area contributed by atoms with Gasteiger partial charge in [0.05, 0.1) is 16.6 Å². The Hall–Kier alpha value is -2.83. The lowest BCUT2D eigenvalue weighted by molar-refractivity contribution is -0.120. The largest absolute Gasteiger partial charge is 0.348 e. The molecule has 180 valence electrons. The van der Waals surface area contributed by atoms with Gasteiger partial charge in [0.15, 0.2) is 0 Å². The molecule has 0 fully saturated rings. The highest BCUT2D eigenvalue weighted by Gasteiger charge is 2.28. The zero-order valence-corrected chi connectivity index (χ0v) is 21.8. The van der Waals surface area contributed by atoms with Crippen molar-refractivity contribution in [2.75, 3.05) is 10.8 Å². The summed E-state index contributed by atoms with van der Waals surface area (Å²) in [5.41, 5.74) is 5.74. The van der Waals surface area contributed by atoms with Gasteiger partial charge in [-0.05, 0) is 98.3 Å². The lowest BCUT2D eigenvalue weighted by atomic mass is 9.99. The molecule has 0 aliphatic rings. The second-order valence-corrected chi connectivity index (χ2v) is 10.9. The van der Waals surface area contributed by atoms with Crippen LogP contribution >= 0.6 is 11.6 Å². The second kappa shape index (κ2) is 10.6. The van der Waals surface area contributed by atoms with Gasteiger partial charge in [0.2, 0.25) is 5.91 Å². The van der Waals surface area contributed by atoms with E-state index in [1.807, 2.05) is 52.8 Å². The topological polar surface area (TPSA) is 66.5 Å². The third kappa shape index (κ3) is 5.80. The van der Waals surface area contributed by atoms with E-state index in [2.05, 4.69) is 11.4 Å². The molecule has 5 nitrogen and oxygen atoms in total. The third-order valence-electron chi connectivity index (χ3n) is 6.14. The van der Waals surface area contributed by atoms with Crippen LogP contribution in [0, 0.1) is 27.7 Å². The van der Waals surface area contributed by atoms with Crippen molar-refractivity contribution in [2.24, 2.45) is 0 Å². The summed E-state index contributed by atoms with van der Waals surface area (Å²) in [6, 6.07) is 17.2. The Bertz CT molecular complexity index is 1290. The number of rotatable bonds is 8. The number of aryl methyl sites for hydroxylation is 4. The second-order valence-electron chi connectivity index (χ2n) is 8.61. The van der Waals surface area contributed by atoms with E-state index in [-0.39, 0.29) is 23.4 Å². The lowest BCUT2D eigenvalue weighted by Gasteiger charge is -2.26. The molecule has 1 N–H and O–H groups in total. The van der Waals surface area contributed by atoms with E-state index in [0.29, 0.717) is 17.1 Å². The van der Waals surface area contributed by atoms with Crippen molar-refractivity contribution >= 4 is 33.2 Å². The molecule has 7 heteroatoms. The Morgan fingerprint density at radius 3 is 2.03 bits per heavy atom. The van der Waals surface area contributed by atoms with E-state index in [1.54, 1.807) is 12.1 Å². The molecule has 1 amide bonds. The van der Waals surface area contributed by atoms with Crippen LogP contribution in [0.25, 0.3) is 0 Å². The Balaban J connectivity index is 1.94. The molecular formula is C27H31ClN2O3S. The number of halogens is 1. The molecule has 0 saturated carbocycles. The number of carbonyl (C=O) groups is 1. The zero-order valence-electron chi connectivity index (χ0n) is 20.2. The van der Waals surface area contributed by atoms with Gasteiger partial charge in [-0.1, -0.05) is 42.8 Å². The average Bonchev–Trinajstić information content (AvgIpc) is 2.80. The van der Waals surface area contributed by atoms with E-state index >= 15 is 0 Å². The number of hydrogen-bond acceptors (Lipinski definition) is 3. The average molecular weight is 499 g/mol. The molecule has 0 saturated heterocycles. The maximum Gasteiger partial charge on any atom is 0.264 e. The van der Waals surface area contributed by atoms with Crippen LogP contribution in [0.3, 0.4) is 0 Å². The van der Waals surface area contributed by atoms with Crippen LogP contribution in [0.4, 0.5) is 5.69 Å². The summed E-state index contributed by atoms with van der Waals surface area (Å²) in [4.78, 5) is 13.2. The van der Waals surface area contributed by atoms with E-state index in [4.69, 9.17) is 11.6 Å². The highest BCUT2D eigenvalue weighted by Crippen LogP contribution is 2.27. The first kappa shape index (κ1) is 25.8. The highest BCUT2D eigenvalue weighted by atomic mass is 35.5. The van der Waals surface area contributed by atoms with Crippen LogP contribution in [0.2, 0.25) is 5.02 Å². The van der Waals surface area contributed by atoms with Gasteiger partial charge in [-0.25, -0.2) is 8.42 Å². The van der Waals surface area contributed by atoms with Crippen molar-refractivity contribution in [3.05, 3.63) is 93.5 Å². The number of nitrogens with one attached hydrogen (secondary N) is 1. The van der Waals surface area contributed by atoms with Crippen LogP contribution in [0.15, 0.2) is 65.6 Å². The summed E-state index contributed by atoms with van der Waals surface area (Å²) >= 11 is 5.96. The first-order valence-electron chi connectivity index (χ1n) is 11.2. The molecule has 1 atom stereocenters. The van der Waals surface area contributed by atoms with E-state index in [9.17, 15) is 13.2 Å². The fourth-order valence-electron chi connectivity index (χ4n) is 3.70. The number of carbonyl (C=O) groups excluding carboxylic acids is 1. The van der Waals surface area contributed by atoms with Gasteiger partial charge in [0, 0.05) is 5.02 Å². The van der Waals surface area contributed by atoms with Crippen molar-refractivity contribution in [3.63, 3.8) is 0 Å². The van der Waals surface area contributed by atoms with Crippen LogP contribution in [0.5, 0.6) is 0 Å². The smallest absolute Gasteiger partial charge is 0.264 e. The molecule has 3 aromatic carbocycles.